The predicted octanol–water partition coefficient (Wildman–Crippen LogP) is 5.38. The summed E-state index contributed by atoms with van der Waals surface area (Å²) in [6.45, 7) is 2.37. The van der Waals surface area contributed by atoms with Gasteiger partial charge in [0.15, 0.2) is 5.82 Å². The molecular weight excluding hydrogens is 467 g/mol. The summed E-state index contributed by atoms with van der Waals surface area (Å²) in [6.07, 6.45) is 1.47. The maximum atomic E-state index is 14.1. The fourth-order valence-electron chi connectivity index (χ4n) is 4.37. The van der Waals surface area contributed by atoms with Gasteiger partial charge in [0.25, 0.3) is 5.91 Å². The average molecular weight is 492 g/mol. The van der Waals surface area contributed by atoms with Gasteiger partial charge >= 0.3 is 0 Å². The van der Waals surface area contributed by atoms with Gasteiger partial charge in [-0.25, -0.2) is 23.1 Å². The van der Waals surface area contributed by atoms with Gasteiger partial charge in [-0.3, -0.25) is 4.79 Å². The Labute approximate surface area is 205 Å². The molecule has 0 aliphatic rings. The van der Waals surface area contributed by atoms with Gasteiger partial charge in [0.2, 0.25) is 0 Å². The Hall–Kier alpha value is -4.14. The number of H-pyrrole nitrogens is 1. The number of rotatable bonds is 7. The number of hydrogen-bond acceptors (Lipinski definition) is 3. The number of aromatic nitrogens is 4. The Morgan fingerprint density at radius 3 is 2.58 bits per heavy atom. The number of fused-ring (bicyclic) bond motifs is 2. The largest absolute Gasteiger partial charge is 0.352 e. The van der Waals surface area contributed by atoms with Gasteiger partial charge in [-0.1, -0.05) is 12.1 Å². The second-order valence-corrected chi connectivity index (χ2v) is 8.85. The summed E-state index contributed by atoms with van der Waals surface area (Å²) in [5.74, 6) is -1.06. The summed E-state index contributed by atoms with van der Waals surface area (Å²) in [7, 11) is 1.84. The van der Waals surface area contributed by atoms with E-state index in [4.69, 9.17) is 4.98 Å². The number of benzene rings is 3. The molecule has 0 bridgehead atoms. The van der Waals surface area contributed by atoms with Crippen molar-refractivity contribution in [3.05, 3.63) is 94.8 Å². The Kier molecular flexibility index (Phi) is 6.22. The molecule has 184 valence electrons. The van der Waals surface area contributed by atoms with Crippen LogP contribution >= 0.6 is 0 Å². The average Bonchev–Trinajstić information content (AvgIpc) is 3.43. The zero-order chi connectivity index (χ0) is 25.4. The zero-order valence-electron chi connectivity index (χ0n) is 19.8. The van der Waals surface area contributed by atoms with Crippen molar-refractivity contribution in [1.82, 2.24) is 24.8 Å². The third-order valence-corrected chi connectivity index (χ3v) is 6.34. The first-order valence-corrected chi connectivity index (χ1v) is 11.6. The molecule has 2 N–H and O–H groups in total. The van der Waals surface area contributed by atoms with E-state index in [1.807, 2.05) is 18.5 Å². The van der Waals surface area contributed by atoms with Gasteiger partial charge in [-0.15, -0.1) is 0 Å². The van der Waals surface area contributed by atoms with Gasteiger partial charge in [-0.2, -0.15) is 0 Å². The topological polar surface area (TPSA) is 75.6 Å². The Morgan fingerprint density at radius 1 is 1.03 bits per heavy atom. The van der Waals surface area contributed by atoms with E-state index >= 15 is 0 Å². The highest BCUT2D eigenvalue weighted by Crippen LogP contribution is 2.28. The van der Waals surface area contributed by atoms with E-state index in [1.165, 1.54) is 18.2 Å². The number of carbonyl (C=O) groups is 1. The van der Waals surface area contributed by atoms with E-state index in [9.17, 15) is 18.0 Å². The van der Waals surface area contributed by atoms with E-state index in [0.29, 0.717) is 29.3 Å². The highest BCUT2D eigenvalue weighted by molar-refractivity contribution is 5.97. The monoisotopic (exact) mass is 491 g/mol. The quantitative estimate of drug-likeness (QED) is 0.300. The van der Waals surface area contributed by atoms with Crippen LogP contribution in [0.3, 0.4) is 0 Å². The van der Waals surface area contributed by atoms with Crippen LogP contribution < -0.4 is 5.32 Å². The number of amides is 1. The molecule has 0 saturated carbocycles. The highest BCUT2D eigenvalue weighted by Gasteiger charge is 2.21. The van der Waals surface area contributed by atoms with E-state index in [1.54, 1.807) is 30.3 Å². The number of carbonyl (C=O) groups excluding carboxylic acids is 1. The van der Waals surface area contributed by atoms with Crippen LogP contribution in [0, 0.1) is 17.5 Å². The lowest BCUT2D eigenvalue weighted by molar-refractivity contribution is 0.0953. The number of nitrogens with zero attached hydrogens (tertiary/aromatic N) is 3. The van der Waals surface area contributed by atoms with Crippen molar-refractivity contribution >= 4 is 28.0 Å². The van der Waals surface area contributed by atoms with Gasteiger partial charge in [0.1, 0.15) is 28.8 Å². The molecule has 1 atom stereocenters. The molecule has 1 amide bonds. The number of halogens is 3. The molecule has 0 aliphatic carbocycles. The molecule has 5 aromatic rings. The first-order valence-electron chi connectivity index (χ1n) is 11.6. The molecule has 3 aromatic carbocycles. The summed E-state index contributed by atoms with van der Waals surface area (Å²) in [5.41, 5.74) is 3.36. The molecule has 2 heterocycles. The van der Waals surface area contributed by atoms with Crippen molar-refractivity contribution in [2.75, 3.05) is 6.54 Å². The summed E-state index contributed by atoms with van der Waals surface area (Å²) in [4.78, 5) is 24.7. The predicted molar refractivity (Wildman–Crippen MR) is 131 cm³/mol. The van der Waals surface area contributed by atoms with Crippen LogP contribution in [0.15, 0.2) is 54.6 Å². The molecular formula is C27H24F3N5O. The molecule has 6 nitrogen and oxygen atoms in total. The van der Waals surface area contributed by atoms with E-state index in [-0.39, 0.29) is 28.7 Å². The smallest absolute Gasteiger partial charge is 0.251 e. The van der Waals surface area contributed by atoms with Gasteiger partial charge < -0.3 is 14.9 Å². The van der Waals surface area contributed by atoms with E-state index in [2.05, 4.69) is 15.3 Å². The van der Waals surface area contributed by atoms with Gasteiger partial charge in [0, 0.05) is 25.2 Å². The van der Waals surface area contributed by atoms with Crippen LogP contribution in [-0.4, -0.2) is 32.0 Å². The van der Waals surface area contributed by atoms with Crippen LogP contribution in [0.4, 0.5) is 13.2 Å². The minimum Gasteiger partial charge on any atom is -0.352 e. The lowest BCUT2D eigenvalue weighted by atomic mass is 10.1. The third-order valence-electron chi connectivity index (χ3n) is 6.34. The third kappa shape index (κ3) is 4.56. The SMILES string of the molecule is CC(c1nc2c(F)cc(F)cc2[nH]1)c1nc2ccc(C(=O)NCCCc3ccc(F)cc3)cc2n1C. The number of aromatic amines is 1. The van der Waals surface area contributed by atoms with Crippen molar-refractivity contribution in [1.29, 1.82) is 0 Å². The number of nitrogens with one attached hydrogen (secondary N) is 2. The number of hydrogen-bond donors (Lipinski definition) is 2. The molecule has 36 heavy (non-hydrogen) atoms. The summed E-state index contributed by atoms with van der Waals surface area (Å²) in [6, 6.07) is 13.6. The Balaban J connectivity index is 1.31. The lowest BCUT2D eigenvalue weighted by Gasteiger charge is -2.09. The minimum absolute atomic E-state index is 0.0791. The molecule has 0 saturated heterocycles. The fourth-order valence-corrected chi connectivity index (χ4v) is 4.37. The first-order chi connectivity index (χ1) is 17.3. The highest BCUT2D eigenvalue weighted by atomic mass is 19.1. The zero-order valence-corrected chi connectivity index (χ0v) is 19.8. The van der Waals surface area contributed by atoms with Crippen LogP contribution in [-0.2, 0) is 13.5 Å². The molecule has 2 aromatic heterocycles. The maximum absolute atomic E-state index is 14.1. The normalized spacial score (nSPS) is 12.4. The molecule has 1 unspecified atom stereocenters. The molecule has 0 radical (unpaired) electrons. The summed E-state index contributed by atoms with van der Waals surface area (Å²) in [5, 5.41) is 2.92. The van der Waals surface area contributed by atoms with E-state index in [0.717, 1.165) is 30.0 Å². The second-order valence-electron chi connectivity index (χ2n) is 8.85. The van der Waals surface area contributed by atoms with Gasteiger partial charge in [0.05, 0.1) is 22.5 Å². The first kappa shape index (κ1) is 23.6. The standard InChI is InChI=1S/C27H24F3N5O/c1-15(25-32-22-14-19(29)13-20(30)24(22)34-25)26-33-21-10-7-17(12-23(21)35(26)2)27(36)31-11-3-4-16-5-8-18(28)9-6-16/h5-10,12-15H,3-4,11H2,1-2H3,(H,31,36)(H,32,34). The van der Waals surface area contributed by atoms with Crippen molar-refractivity contribution in [3.63, 3.8) is 0 Å². The molecule has 0 fully saturated rings. The second kappa shape index (κ2) is 9.49. The van der Waals surface area contributed by atoms with Crippen LogP contribution in [0.5, 0.6) is 0 Å². The molecule has 5 rings (SSSR count). The van der Waals surface area contributed by atoms with Gasteiger partial charge in [-0.05, 0) is 61.7 Å². The van der Waals surface area contributed by atoms with Crippen molar-refractivity contribution in [2.24, 2.45) is 7.05 Å². The lowest BCUT2D eigenvalue weighted by Crippen LogP contribution is -2.24. The molecule has 0 spiro atoms. The maximum Gasteiger partial charge on any atom is 0.251 e. The Morgan fingerprint density at radius 2 is 1.81 bits per heavy atom. The minimum atomic E-state index is -0.724. The van der Waals surface area contributed by atoms with Crippen LogP contribution in [0.1, 0.15) is 46.8 Å². The molecule has 0 aliphatic heterocycles. The fraction of sp³-hybridized carbons (Fsp3) is 0.222. The van der Waals surface area contributed by atoms with Crippen molar-refractivity contribution in [2.45, 2.75) is 25.7 Å². The van der Waals surface area contributed by atoms with Crippen molar-refractivity contribution in [3.8, 4) is 0 Å². The van der Waals surface area contributed by atoms with Crippen molar-refractivity contribution < 1.29 is 18.0 Å². The summed E-state index contributed by atoms with van der Waals surface area (Å²) < 4.78 is 42.6. The van der Waals surface area contributed by atoms with E-state index < -0.39 is 11.6 Å². The summed E-state index contributed by atoms with van der Waals surface area (Å²) >= 11 is 0. The Bertz CT molecular complexity index is 1570. The molecule has 9 heteroatoms. The van der Waals surface area contributed by atoms with Crippen LogP contribution in [0.25, 0.3) is 22.1 Å². The number of imidazole rings is 2. The number of aryl methyl sites for hydroxylation is 2. The van der Waals surface area contributed by atoms with Crippen LogP contribution in [0.2, 0.25) is 0 Å².